The van der Waals surface area contributed by atoms with Crippen LogP contribution in [0.15, 0.2) is 6.07 Å². The number of amides is 1. The van der Waals surface area contributed by atoms with Crippen molar-refractivity contribution in [3.8, 4) is 0 Å². The summed E-state index contributed by atoms with van der Waals surface area (Å²) in [6.07, 6.45) is 4.65. The third kappa shape index (κ3) is 3.15. The third-order valence-corrected chi connectivity index (χ3v) is 5.04. The summed E-state index contributed by atoms with van der Waals surface area (Å²) in [6, 6.07) is 3.48. The number of aromatic nitrogens is 2. The third-order valence-electron chi connectivity index (χ3n) is 5.04. The molecule has 6 heteroatoms. The summed E-state index contributed by atoms with van der Waals surface area (Å²) in [5.41, 5.74) is 1.69. The minimum atomic E-state index is 0. The number of carbonyl (C=O) groups excluding carboxylic acids is 1. The quantitative estimate of drug-likeness (QED) is 0.927. The number of nitrogens with zero attached hydrogens (tertiary/aromatic N) is 3. The zero-order valence-electron chi connectivity index (χ0n) is 13.9. The number of hydrogen-bond acceptors (Lipinski definition) is 3. The molecule has 2 aliphatic heterocycles. The second-order valence-electron chi connectivity index (χ2n) is 6.91. The van der Waals surface area contributed by atoms with Crippen molar-refractivity contribution < 1.29 is 4.79 Å². The summed E-state index contributed by atoms with van der Waals surface area (Å²) in [6.45, 7) is 4.25. The Morgan fingerprint density at radius 1 is 1.36 bits per heavy atom. The fraction of sp³-hybridized carbons (Fsp3) is 0.750. The smallest absolute Gasteiger partial charge is 0.274 e. The van der Waals surface area contributed by atoms with Gasteiger partial charge in [0.1, 0.15) is 0 Å². The van der Waals surface area contributed by atoms with Crippen LogP contribution < -0.4 is 5.32 Å². The molecule has 1 amide bonds. The van der Waals surface area contributed by atoms with Crippen molar-refractivity contribution in [1.29, 1.82) is 0 Å². The summed E-state index contributed by atoms with van der Waals surface area (Å²) in [7, 11) is 3.85. The molecule has 1 aromatic rings. The van der Waals surface area contributed by atoms with E-state index in [0.717, 1.165) is 18.5 Å². The molecule has 0 spiro atoms. The number of aryl methyl sites for hydroxylation is 1. The molecule has 2 fully saturated rings. The van der Waals surface area contributed by atoms with Crippen molar-refractivity contribution in [2.75, 3.05) is 7.05 Å². The fourth-order valence-electron chi connectivity index (χ4n) is 3.82. The highest BCUT2D eigenvalue weighted by atomic mass is 35.5. The number of rotatable bonds is 3. The van der Waals surface area contributed by atoms with Crippen LogP contribution in [0.4, 0.5) is 0 Å². The first kappa shape index (κ1) is 17.3. The van der Waals surface area contributed by atoms with Crippen molar-refractivity contribution in [3.63, 3.8) is 0 Å². The van der Waals surface area contributed by atoms with Crippen LogP contribution in [0.3, 0.4) is 0 Å². The second-order valence-corrected chi connectivity index (χ2v) is 6.91. The predicted octanol–water partition coefficient (Wildman–Crippen LogP) is 2.32. The summed E-state index contributed by atoms with van der Waals surface area (Å²) < 4.78 is 1.83. The largest absolute Gasteiger partial charge is 0.337 e. The van der Waals surface area contributed by atoms with Gasteiger partial charge in [0, 0.05) is 37.9 Å². The zero-order chi connectivity index (χ0) is 15.1. The second kappa shape index (κ2) is 6.59. The molecule has 0 radical (unpaired) electrons. The van der Waals surface area contributed by atoms with Crippen LogP contribution in [0.5, 0.6) is 0 Å². The summed E-state index contributed by atoms with van der Waals surface area (Å²) >= 11 is 0. The van der Waals surface area contributed by atoms with Crippen molar-refractivity contribution >= 4 is 18.3 Å². The molecule has 2 atom stereocenters. The summed E-state index contributed by atoms with van der Waals surface area (Å²) in [4.78, 5) is 14.6. The molecule has 0 saturated carbocycles. The van der Waals surface area contributed by atoms with E-state index in [0.29, 0.717) is 29.7 Å². The Morgan fingerprint density at radius 3 is 2.45 bits per heavy atom. The van der Waals surface area contributed by atoms with Crippen LogP contribution >= 0.6 is 12.4 Å². The maximum absolute atomic E-state index is 12.7. The molecule has 124 valence electrons. The molecule has 2 bridgehead atoms. The topological polar surface area (TPSA) is 50.2 Å². The van der Waals surface area contributed by atoms with E-state index >= 15 is 0 Å². The monoisotopic (exact) mass is 326 g/mol. The van der Waals surface area contributed by atoms with Gasteiger partial charge in [0.05, 0.1) is 0 Å². The number of piperidine rings is 1. The van der Waals surface area contributed by atoms with Crippen LogP contribution in [0.2, 0.25) is 0 Å². The number of halogens is 1. The Balaban J connectivity index is 0.00000176. The van der Waals surface area contributed by atoms with Gasteiger partial charge in [-0.05, 0) is 37.7 Å². The Labute approximate surface area is 138 Å². The summed E-state index contributed by atoms with van der Waals surface area (Å²) in [5, 5.41) is 8.04. The van der Waals surface area contributed by atoms with Gasteiger partial charge < -0.3 is 10.2 Å². The van der Waals surface area contributed by atoms with Crippen molar-refractivity contribution in [2.45, 2.75) is 63.6 Å². The van der Waals surface area contributed by atoms with E-state index in [4.69, 9.17) is 0 Å². The molecule has 3 rings (SSSR count). The van der Waals surface area contributed by atoms with Crippen LogP contribution in [-0.2, 0) is 7.05 Å². The van der Waals surface area contributed by atoms with Crippen LogP contribution in [0, 0.1) is 0 Å². The number of carbonyl (C=O) groups is 1. The predicted molar refractivity (Wildman–Crippen MR) is 89.6 cm³/mol. The molecule has 5 nitrogen and oxygen atoms in total. The van der Waals surface area contributed by atoms with E-state index < -0.39 is 0 Å². The van der Waals surface area contributed by atoms with E-state index in [9.17, 15) is 4.79 Å². The highest BCUT2D eigenvalue weighted by Crippen LogP contribution is 2.30. The van der Waals surface area contributed by atoms with Crippen molar-refractivity contribution in [3.05, 3.63) is 17.5 Å². The Hall–Kier alpha value is -1.07. The van der Waals surface area contributed by atoms with Gasteiger partial charge in [-0.25, -0.2) is 0 Å². The maximum atomic E-state index is 12.7. The maximum Gasteiger partial charge on any atom is 0.274 e. The van der Waals surface area contributed by atoms with E-state index in [-0.39, 0.29) is 18.3 Å². The lowest BCUT2D eigenvalue weighted by atomic mass is 9.98. The van der Waals surface area contributed by atoms with Crippen LogP contribution in [-0.4, -0.2) is 45.8 Å². The lowest BCUT2D eigenvalue weighted by molar-refractivity contribution is 0.0675. The van der Waals surface area contributed by atoms with Gasteiger partial charge in [0.2, 0.25) is 0 Å². The van der Waals surface area contributed by atoms with Gasteiger partial charge >= 0.3 is 0 Å². The van der Waals surface area contributed by atoms with Gasteiger partial charge in [0.15, 0.2) is 5.69 Å². The Bertz CT molecular complexity index is 530. The van der Waals surface area contributed by atoms with Crippen molar-refractivity contribution in [2.24, 2.45) is 7.05 Å². The number of nitrogens with one attached hydrogen (secondary N) is 1. The molecule has 1 aromatic heterocycles. The first-order valence-electron chi connectivity index (χ1n) is 8.03. The van der Waals surface area contributed by atoms with Crippen LogP contribution in [0.25, 0.3) is 0 Å². The lowest BCUT2D eigenvalue weighted by Crippen LogP contribution is -2.48. The van der Waals surface area contributed by atoms with E-state index in [1.165, 1.54) is 12.8 Å². The Morgan fingerprint density at radius 2 is 1.95 bits per heavy atom. The molecular formula is C16H27ClN4O. The molecule has 2 aliphatic rings. The summed E-state index contributed by atoms with van der Waals surface area (Å²) in [5.74, 6) is 0.438. The highest BCUT2D eigenvalue weighted by molar-refractivity contribution is 5.92. The zero-order valence-corrected chi connectivity index (χ0v) is 14.7. The molecule has 0 aromatic carbocycles. The van der Waals surface area contributed by atoms with Crippen molar-refractivity contribution in [1.82, 2.24) is 20.0 Å². The molecule has 2 unspecified atom stereocenters. The molecule has 1 N–H and O–H groups in total. The minimum Gasteiger partial charge on any atom is -0.337 e. The van der Waals surface area contributed by atoms with Crippen LogP contribution in [0.1, 0.15) is 61.6 Å². The number of fused-ring (bicyclic) bond motifs is 2. The first-order valence-corrected chi connectivity index (χ1v) is 8.03. The average molecular weight is 327 g/mol. The highest BCUT2D eigenvalue weighted by Gasteiger charge is 2.37. The molecule has 0 aliphatic carbocycles. The van der Waals surface area contributed by atoms with Gasteiger partial charge in [-0.15, -0.1) is 12.4 Å². The number of hydrogen-bond donors (Lipinski definition) is 1. The first-order chi connectivity index (χ1) is 9.95. The standard InChI is InChI=1S/C16H26N4O.ClH/c1-10(2)15-9-14(18-20(15)4)16(21)19(3)13-7-11-5-6-12(8-13)17-11;/h9-13,17H,5-8H2,1-4H3;1H. The Kier molecular flexibility index (Phi) is 5.17. The van der Waals surface area contributed by atoms with Gasteiger partial charge in [-0.2, -0.15) is 5.10 Å². The van der Waals surface area contributed by atoms with E-state index in [1.54, 1.807) is 0 Å². The van der Waals surface area contributed by atoms with Gasteiger partial charge in [-0.1, -0.05) is 13.8 Å². The molecule has 3 heterocycles. The molecule has 2 saturated heterocycles. The lowest BCUT2D eigenvalue weighted by Gasteiger charge is -2.35. The normalized spacial score (nSPS) is 26.9. The minimum absolute atomic E-state index is 0. The SMILES string of the molecule is CC(C)c1cc(C(=O)N(C)C2CC3CCC(C2)N3)nn1C.Cl. The van der Waals surface area contributed by atoms with Gasteiger partial charge in [0.25, 0.3) is 5.91 Å². The van der Waals surface area contributed by atoms with Gasteiger partial charge in [-0.3, -0.25) is 9.48 Å². The van der Waals surface area contributed by atoms with E-state index in [2.05, 4.69) is 24.3 Å². The molecular weight excluding hydrogens is 300 g/mol. The molecule has 22 heavy (non-hydrogen) atoms. The van der Waals surface area contributed by atoms with E-state index in [1.807, 2.05) is 29.7 Å². The fourth-order valence-corrected chi connectivity index (χ4v) is 3.82. The average Bonchev–Trinajstić information content (AvgIpc) is 3.00.